The molecular formula is C11H17N3O. The maximum atomic E-state index is 10.4. The molecule has 1 heterocycles. The number of anilines is 1. The Morgan fingerprint density at radius 3 is 2.53 bits per heavy atom. The Hall–Kier alpha value is -1.45. The summed E-state index contributed by atoms with van der Waals surface area (Å²) in [5.74, 6) is 0.668. The molecule has 0 bridgehead atoms. The van der Waals surface area contributed by atoms with Crippen molar-refractivity contribution in [1.29, 1.82) is 0 Å². The summed E-state index contributed by atoms with van der Waals surface area (Å²) in [4.78, 5) is 20.7. The molecule has 15 heavy (non-hydrogen) atoms. The summed E-state index contributed by atoms with van der Waals surface area (Å²) < 4.78 is 0. The van der Waals surface area contributed by atoms with Gasteiger partial charge in [0.2, 0.25) is 5.95 Å². The van der Waals surface area contributed by atoms with Crippen LogP contribution >= 0.6 is 0 Å². The van der Waals surface area contributed by atoms with Gasteiger partial charge in [0.05, 0.1) is 5.56 Å². The van der Waals surface area contributed by atoms with Gasteiger partial charge in [0, 0.05) is 25.5 Å². The van der Waals surface area contributed by atoms with Crippen LogP contribution < -0.4 is 4.90 Å². The van der Waals surface area contributed by atoms with Crippen molar-refractivity contribution in [2.45, 2.75) is 32.7 Å². The minimum absolute atomic E-state index is 0.414. The number of hydrogen-bond donors (Lipinski definition) is 0. The van der Waals surface area contributed by atoms with Gasteiger partial charge in [-0.25, -0.2) is 9.97 Å². The van der Waals surface area contributed by atoms with E-state index in [1.807, 2.05) is 11.9 Å². The fraction of sp³-hybridized carbons (Fsp3) is 0.545. The molecular weight excluding hydrogens is 190 g/mol. The molecule has 0 N–H and O–H groups in total. The first-order valence-electron chi connectivity index (χ1n) is 5.19. The van der Waals surface area contributed by atoms with Gasteiger partial charge in [-0.3, -0.25) is 4.79 Å². The summed E-state index contributed by atoms with van der Waals surface area (Å²) in [6.45, 7) is 4.29. The molecule has 0 aliphatic carbocycles. The van der Waals surface area contributed by atoms with E-state index in [-0.39, 0.29) is 0 Å². The molecule has 4 heteroatoms. The van der Waals surface area contributed by atoms with E-state index < -0.39 is 0 Å². The predicted octanol–water partition coefficient (Wildman–Crippen LogP) is 1.91. The van der Waals surface area contributed by atoms with Crippen LogP contribution in [0, 0.1) is 0 Å². The highest BCUT2D eigenvalue weighted by atomic mass is 16.1. The van der Waals surface area contributed by atoms with Crippen molar-refractivity contribution in [3.8, 4) is 0 Å². The fourth-order valence-corrected chi connectivity index (χ4v) is 1.38. The molecule has 1 aromatic rings. The molecule has 0 aliphatic heterocycles. The van der Waals surface area contributed by atoms with Gasteiger partial charge in [0.15, 0.2) is 6.29 Å². The van der Waals surface area contributed by atoms with Gasteiger partial charge in [0.1, 0.15) is 0 Å². The first-order chi connectivity index (χ1) is 7.19. The molecule has 1 unspecified atom stereocenters. The smallest absolute Gasteiger partial charge is 0.225 e. The lowest BCUT2D eigenvalue weighted by atomic mass is 10.2. The zero-order valence-electron chi connectivity index (χ0n) is 9.47. The lowest BCUT2D eigenvalue weighted by Crippen LogP contribution is -2.30. The highest BCUT2D eigenvalue weighted by Crippen LogP contribution is 2.11. The van der Waals surface area contributed by atoms with E-state index in [2.05, 4.69) is 23.8 Å². The van der Waals surface area contributed by atoms with Crippen molar-refractivity contribution in [3.63, 3.8) is 0 Å². The molecule has 1 aromatic heterocycles. The van der Waals surface area contributed by atoms with Crippen LogP contribution in [0.15, 0.2) is 12.4 Å². The van der Waals surface area contributed by atoms with Crippen molar-refractivity contribution < 1.29 is 4.79 Å². The lowest BCUT2D eigenvalue weighted by Gasteiger charge is -2.24. The second-order valence-corrected chi connectivity index (χ2v) is 3.68. The number of carbonyl (C=O) groups excluding carboxylic acids is 1. The summed E-state index contributed by atoms with van der Waals surface area (Å²) >= 11 is 0. The molecule has 0 saturated heterocycles. The van der Waals surface area contributed by atoms with Gasteiger partial charge in [-0.2, -0.15) is 0 Å². The van der Waals surface area contributed by atoms with E-state index >= 15 is 0 Å². The Morgan fingerprint density at radius 2 is 2.07 bits per heavy atom. The van der Waals surface area contributed by atoms with Crippen molar-refractivity contribution in [3.05, 3.63) is 18.0 Å². The van der Waals surface area contributed by atoms with Crippen molar-refractivity contribution in [1.82, 2.24) is 9.97 Å². The van der Waals surface area contributed by atoms with Gasteiger partial charge in [-0.05, 0) is 13.3 Å². The molecule has 0 amide bonds. The number of nitrogens with zero attached hydrogens (tertiary/aromatic N) is 3. The number of aldehydes is 1. The van der Waals surface area contributed by atoms with Crippen LogP contribution in [0.2, 0.25) is 0 Å². The molecule has 1 atom stereocenters. The summed E-state index contributed by atoms with van der Waals surface area (Å²) in [6.07, 6.45) is 6.08. The number of carbonyl (C=O) groups is 1. The Bertz CT molecular complexity index is 310. The molecule has 0 saturated carbocycles. The first-order valence-corrected chi connectivity index (χ1v) is 5.19. The average molecular weight is 207 g/mol. The van der Waals surface area contributed by atoms with E-state index in [0.717, 1.165) is 19.1 Å². The Balaban J connectivity index is 2.73. The van der Waals surface area contributed by atoms with Crippen molar-refractivity contribution in [2.75, 3.05) is 11.9 Å². The lowest BCUT2D eigenvalue weighted by molar-refractivity contribution is 0.112. The van der Waals surface area contributed by atoms with Crippen LogP contribution in [-0.2, 0) is 0 Å². The van der Waals surface area contributed by atoms with E-state index in [1.165, 1.54) is 0 Å². The summed E-state index contributed by atoms with van der Waals surface area (Å²) in [5, 5.41) is 0. The highest BCUT2D eigenvalue weighted by molar-refractivity contribution is 5.73. The summed E-state index contributed by atoms with van der Waals surface area (Å²) in [7, 11) is 1.97. The first kappa shape index (κ1) is 11.6. The average Bonchev–Trinajstić information content (AvgIpc) is 2.28. The molecule has 0 fully saturated rings. The van der Waals surface area contributed by atoms with Crippen LogP contribution in [0.4, 0.5) is 5.95 Å². The standard InChI is InChI=1S/C11H17N3O/c1-4-5-9(2)14(3)11-12-6-10(8-15)7-13-11/h6-9H,4-5H2,1-3H3. The molecule has 4 nitrogen and oxygen atoms in total. The molecule has 0 aromatic carbocycles. The van der Waals surface area contributed by atoms with E-state index in [4.69, 9.17) is 0 Å². The molecule has 0 spiro atoms. The highest BCUT2D eigenvalue weighted by Gasteiger charge is 2.10. The van der Waals surface area contributed by atoms with Crippen LogP contribution in [0.1, 0.15) is 37.0 Å². The zero-order valence-corrected chi connectivity index (χ0v) is 9.47. The van der Waals surface area contributed by atoms with Gasteiger partial charge < -0.3 is 4.90 Å². The Labute approximate surface area is 90.3 Å². The second-order valence-electron chi connectivity index (χ2n) is 3.68. The normalized spacial score (nSPS) is 12.2. The molecule has 82 valence electrons. The third kappa shape index (κ3) is 3.01. The third-order valence-electron chi connectivity index (χ3n) is 2.48. The minimum Gasteiger partial charge on any atom is -0.341 e. The third-order valence-corrected chi connectivity index (χ3v) is 2.48. The number of rotatable bonds is 5. The quantitative estimate of drug-likeness (QED) is 0.692. The summed E-state index contributed by atoms with van der Waals surface area (Å²) in [5.41, 5.74) is 0.510. The molecule has 0 radical (unpaired) electrons. The minimum atomic E-state index is 0.414. The van der Waals surface area contributed by atoms with Crippen LogP contribution in [0.3, 0.4) is 0 Å². The van der Waals surface area contributed by atoms with Gasteiger partial charge in [-0.15, -0.1) is 0 Å². The van der Waals surface area contributed by atoms with E-state index in [0.29, 0.717) is 17.6 Å². The molecule has 1 rings (SSSR count). The van der Waals surface area contributed by atoms with E-state index in [9.17, 15) is 4.79 Å². The Morgan fingerprint density at radius 1 is 1.47 bits per heavy atom. The monoisotopic (exact) mass is 207 g/mol. The topological polar surface area (TPSA) is 46.1 Å². The Kier molecular flexibility index (Phi) is 4.21. The van der Waals surface area contributed by atoms with Gasteiger partial charge in [0.25, 0.3) is 0 Å². The summed E-state index contributed by atoms with van der Waals surface area (Å²) in [6, 6.07) is 0.414. The van der Waals surface area contributed by atoms with Gasteiger partial charge in [-0.1, -0.05) is 13.3 Å². The largest absolute Gasteiger partial charge is 0.341 e. The predicted molar refractivity (Wildman–Crippen MR) is 60.2 cm³/mol. The van der Waals surface area contributed by atoms with Crippen molar-refractivity contribution >= 4 is 12.2 Å². The fourth-order valence-electron chi connectivity index (χ4n) is 1.38. The van der Waals surface area contributed by atoms with Crippen LogP contribution in [0.25, 0.3) is 0 Å². The number of aromatic nitrogens is 2. The maximum absolute atomic E-state index is 10.4. The SMILES string of the molecule is CCCC(C)N(C)c1ncc(C=O)cn1. The van der Waals surface area contributed by atoms with Crippen LogP contribution in [0.5, 0.6) is 0 Å². The van der Waals surface area contributed by atoms with Crippen molar-refractivity contribution in [2.24, 2.45) is 0 Å². The zero-order chi connectivity index (χ0) is 11.3. The van der Waals surface area contributed by atoms with Gasteiger partial charge >= 0.3 is 0 Å². The van der Waals surface area contributed by atoms with Crippen LogP contribution in [-0.4, -0.2) is 29.3 Å². The maximum Gasteiger partial charge on any atom is 0.225 e. The number of hydrogen-bond acceptors (Lipinski definition) is 4. The van der Waals surface area contributed by atoms with E-state index in [1.54, 1.807) is 12.4 Å². The second kappa shape index (κ2) is 5.44. The molecule has 0 aliphatic rings.